The van der Waals surface area contributed by atoms with E-state index in [1.807, 2.05) is 12.1 Å². The summed E-state index contributed by atoms with van der Waals surface area (Å²) in [4.78, 5) is 15.0. The minimum atomic E-state index is -3.52. The zero-order valence-corrected chi connectivity index (χ0v) is 17.9. The number of rotatable bonds is 6. The van der Waals surface area contributed by atoms with Gasteiger partial charge >= 0.3 is 0 Å². The van der Waals surface area contributed by atoms with E-state index in [0.717, 1.165) is 25.1 Å². The summed E-state index contributed by atoms with van der Waals surface area (Å²) in [7, 11) is -3.52. The van der Waals surface area contributed by atoms with Crippen molar-refractivity contribution in [3.63, 3.8) is 0 Å². The second kappa shape index (κ2) is 7.13. The normalized spacial score (nSPS) is 29.4. The molecule has 154 valence electrons. The Hall–Kier alpha value is -1.40. The van der Waals surface area contributed by atoms with Crippen LogP contribution in [0.1, 0.15) is 57.9 Å². The molecule has 0 amide bonds. The number of carbonyl (C=O) groups is 1. The number of nitrogens with one attached hydrogen (secondary N) is 1. The monoisotopic (exact) mass is 404 g/mol. The highest BCUT2D eigenvalue weighted by Gasteiger charge is 2.65. The molecule has 0 radical (unpaired) electrons. The lowest BCUT2D eigenvalue weighted by Crippen LogP contribution is -2.45. The molecular formula is C22H32N2O3S. The van der Waals surface area contributed by atoms with Gasteiger partial charge in [-0.05, 0) is 61.1 Å². The molecule has 1 aliphatic heterocycles. The largest absolute Gasteiger partial charge is 0.372 e. The molecule has 5 nitrogen and oxygen atoms in total. The van der Waals surface area contributed by atoms with Crippen molar-refractivity contribution in [3.05, 3.63) is 29.8 Å². The number of ketones is 1. The third-order valence-electron chi connectivity index (χ3n) is 7.73. The number of piperidine rings is 1. The van der Waals surface area contributed by atoms with Crippen LogP contribution in [0.2, 0.25) is 0 Å². The highest BCUT2D eigenvalue weighted by Crippen LogP contribution is 2.64. The second-order valence-corrected chi connectivity index (χ2v) is 11.3. The van der Waals surface area contributed by atoms with Gasteiger partial charge in [-0.3, -0.25) is 4.79 Å². The topological polar surface area (TPSA) is 66.5 Å². The van der Waals surface area contributed by atoms with Crippen molar-refractivity contribution in [2.75, 3.05) is 23.7 Å². The molecule has 28 heavy (non-hydrogen) atoms. The smallest absolute Gasteiger partial charge is 0.212 e. The minimum absolute atomic E-state index is 0.0752. The van der Waals surface area contributed by atoms with E-state index in [0.29, 0.717) is 18.8 Å². The number of fused-ring (bicyclic) bond motifs is 2. The minimum Gasteiger partial charge on any atom is -0.372 e. The van der Waals surface area contributed by atoms with E-state index in [4.69, 9.17) is 0 Å². The van der Waals surface area contributed by atoms with Gasteiger partial charge in [0.25, 0.3) is 0 Å². The molecule has 3 aliphatic rings. The molecule has 1 saturated heterocycles. The van der Waals surface area contributed by atoms with E-state index < -0.39 is 15.4 Å². The van der Waals surface area contributed by atoms with Crippen LogP contribution in [-0.2, 0) is 21.4 Å². The van der Waals surface area contributed by atoms with Gasteiger partial charge in [0, 0.05) is 37.2 Å². The molecule has 2 saturated carbocycles. The number of nitrogens with zero attached hydrogens (tertiary/aromatic N) is 1. The maximum atomic E-state index is 12.8. The van der Waals surface area contributed by atoms with Gasteiger partial charge in [0.15, 0.2) is 0 Å². The molecule has 6 heteroatoms. The molecule has 0 unspecified atom stereocenters. The molecule has 2 atom stereocenters. The van der Waals surface area contributed by atoms with Crippen LogP contribution < -0.4 is 9.62 Å². The third kappa shape index (κ3) is 3.39. The number of benzene rings is 1. The molecular weight excluding hydrogens is 372 g/mol. The van der Waals surface area contributed by atoms with E-state index in [-0.39, 0.29) is 23.5 Å². The van der Waals surface area contributed by atoms with Gasteiger partial charge < -0.3 is 4.90 Å². The maximum Gasteiger partial charge on any atom is 0.212 e. The first-order valence-corrected chi connectivity index (χ1v) is 12.2. The van der Waals surface area contributed by atoms with Crippen molar-refractivity contribution >= 4 is 21.5 Å². The molecule has 0 spiro atoms. The number of sulfonamides is 1. The van der Waals surface area contributed by atoms with E-state index in [1.165, 1.54) is 24.9 Å². The summed E-state index contributed by atoms with van der Waals surface area (Å²) in [6.07, 6.45) is 5.98. The summed E-state index contributed by atoms with van der Waals surface area (Å²) in [6.45, 7) is 6.61. The number of carbonyl (C=O) groups excluding carboxylic acids is 1. The Morgan fingerprint density at radius 1 is 1.11 bits per heavy atom. The highest BCUT2D eigenvalue weighted by atomic mass is 32.2. The lowest BCUT2D eigenvalue weighted by molar-refractivity contribution is -0.128. The van der Waals surface area contributed by atoms with Crippen LogP contribution in [0.3, 0.4) is 0 Å². The number of anilines is 1. The molecule has 0 aromatic heterocycles. The van der Waals surface area contributed by atoms with Crippen molar-refractivity contribution in [2.45, 2.75) is 58.9 Å². The fourth-order valence-corrected chi connectivity index (χ4v) is 7.47. The summed E-state index contributed by atoms with van der Waals surface area (Å²) in [5.41, 5.74) is 1.22. The Bertz CT molecular complexity index is 841. The molecule has 2 aliphatic carbocycles. The number of hydrogen-bond donors (Lipinski definition) is 1. The van der Waals surface area contributed by atoms with E-state index in [2.05, 4.69) is 35.6 Å². The van der Waals surface area contributed by atoms with Crippen LogP contribution in [-0.4, -0.2) is 33.0 Å². The highest BCUT2D eigenvalue weighted by molar-refractivity contribution is 7.89. The Morgan fingerprint density at radius 2 is 1.79 bits per heavy atom. The van der Waals surface area contributed by atoms with Crippen LogP contribution >= 0.6 is 0 Å². The summed E-state index contributed by atoms with van der Waals surface area (Å²) < 4.78 is 28.4. The Kier molecular flexibility index (Phi) is 5.07. The first-order chi connectivity index (χ1) is 13.2. The van der Waals surface area contributed by atoms with Crippen molar-refractivity contribution in [3.8, 4) is 0 Å². The van der Waals surface area contributed by atoms with Crippen LogP contribution in [0.25, 0.3) is 0 Å². The van der Waals surface area contributed by atoms with Gasteiger partial charge in [0.05, 0.1) is 5.75 Å². The average molecular weight is 405 g/mol. The molecule has 1 aromatic rings. The van der Waals surface area contributed by atoms with E-state index >= 15 is 0 Å². The van der Waals surface area contributed by atoms with Crippen LogP contribution in [0, 0.1) is 16.7 Å². The summed E-state index contributed by atoms with van der Waals surface area (Å²) in [6, 6.07) is 8.17. The van der Waals surface area contributed by atoms with Gasteiger partial charge in [-0.25, -0.2) is 13.1 Å². The number of hydrogen-bond acceptors (Lipinski definition) is 4. The molecule has 3 fully saturated rings. The zero-order valence-electron chi connectivity index (χ0n) is 17.0. The molecule has 1 aromatic carbocycles. The van der Waals surface area contributed by atoms with Crippen molar-refractivity contribution in [2.24, 2.45) is 16.7 Å². The van der Waals surface area contributed by atoms with Gasteiger partial charge in [0.1, 0.15) is 5.78 Å². The first-order valence-electron chi connectivity index (χ1n) is 10.6. The zero-order chi connectivity index (χ0) is 20.0. The molecule has 1 N–H and O–H groups in total. The Balaban J connectivity index is 1.39. The standard InChI is InChI=1S/C22H32N2O3S/c1-21(2)18-10-11-22(21,20(25)14-18)16-28(26,27)23-15-17-6-8-19(9-7-17)24-12-4-3-5-13-24/h6-9,18,23H,3-5,10-16H2,1-2H3/t18-,22+/m0/s1. The molecule has 1 heterocycles. The van der Waals surface area contributed by atoms with E-state index in [9.17, 15) is 13.2 Å². The van der Waals surface area contributed by atoms with Gasteiger partial charge in [-0.2, -0.15) is 0 Å². The van der Waals surface area contributed by atoms with Gasteiger partial charge in [-0.15, -0.1) is 0 Å². The first kappa shape index (κ1) is 19.9. The maximum absolute atomic E-state index is 12.8. The predicted molar refractivity (Wildman–Crippen MR) is 112 cm³/mol. The summed E-state index contributed by atoms with van der Waals surface area (Å²) >= 11 is 0. The molecule has 2 bridgehead atoms. The van der Waals surface area contributed by atoms with Crippen molar-refractivity contribution in [1.29, 1.82) is 0 Å². The van der Waals surface area contributed by atoms with Gasteiger partial charge in [0.2, 0.25) is 10.0 Å². The number of Topliss-reactive ketones (excluding diaryl/α,β-unsaturated/α-hetero) is 1. The average Bonchev–Trinajstić information content (AvgIpc) is 3.01. The van der Waals surface area contributed by atoms with Gasteiger partial charge in [-0.1, -0.05) is 26.0 Å². The fourth-order valence-electron chi connectivity index (χ4n) is 5.65. The van der Waals surface area contributed by atoms with Crippen molar-refractivity contribution in [1.82, 2.24) is 4.72 Å². The van der Waals surface area contributed by atoms with Crippen LogP contribution in [0.5, 0.6) is 0 Å². The third-order valence-corrected chi connectivity index (χ3v) is 9.19. The lowest BCUT2D eigenvalue weighted by atomic mass is 9.70. The van der Waals surface area contributed by atoms with Crippen LogP contribution in [0.4, 0.5) is 5.69 Å². The van der Waals surface area contributed by atoms with Crippen molar-refractivity contribution < 1.29 is 13.2 Å². The van der Waals surface area contributed by atoms with Crippen LogP contribution in [0.15, 0.2) is 24.3 Å². The summed E-state index contributed by atoms with van der Waals surface area (Å²) in [5, 5.41) is 0. The Morgan fingerprint density at radius 3 is 2.36 bits per heavy atom. The Labute approximate surface area is 168 Å². The second-order valence-electron chi connectivity index (χ2n) is 9.46. The lowest BCUT2D eigenvalue weighted by Gasteiger charge is -2.36. The summed E-state index contributed by atoms with van der Waals surface area (Å²) in [5.74, 6) is 0.399. The SMILES string of the molecule is CC1(C)[C@H]2CC[C@@]1(CS(=O)(=O)NCc1ccc(N3CCCCC3)cc1)C(=O)C2. The fraction of sp³-hybridized carbons (Fsp3) is 0.682. The molecule has 4 rings (SSSR count). The predicted octanol–water partition coefficient (Wildman–Crippen LogP) is 3.49. The quantitative estimate of drug-likeness (QED) is 0.788. The van der Waals surface area contributed by atoms with E-state index in [1.54, 1.807) is 0 Å².